The van der Waals surface area contributed by atoms with Gasteiger partial charge in [-0.2, -0.15) is 23.3 Å². The summed E-state index contributed by atoms with van der Waals surface area (Å²) in [6.07, 6.45) is -3.62. The van der Waals surface area contributed by atoms with Crippen LogP contribution in [0.3, 0.4) is 0 Å². The second kappa shape index (κ2) is 6.99. The minimum Gasteiger partial charge on any atom is -0.362 e. The lowest BCUT2D eigenvalue weighted by molar-refractivity contribution is -0.312. The number of alkyl halides is 3. The van der Waals surface area contributed by atoms with E-state index in [4.69, 9.17) is 0 Å². The fourth-order valence-electron chi connectivity index (χ4n) is 4.26. The van der Waals surface area contributed by atoms with Gasteiger partial charge in [-0.25, -0.2) is 0 Å². The van der Waals surface area contributed by atoms with Gasteiger partial charge >= 0.3 is 6.18 Å². The first kappa shape index (κ1) is 19.6. The van der Waals surface area contributed by atoms with Crippen LogP contribution in [0.1, 0.15) is 36.5 Å². The van der Waals surface area contributed by atoms with Crippen molar-refractivity contribution < 1.29 is 23.1 Å². The Morgan fingerprint density at radius 3 is 2.31 bits per heavy atom. The molecule has 1 heterocycles. The predicted octanol–water partition coefficient (Wildman–Crippen LogP) is 4.85. The number of rotatable bonds is 2. The Labute approximate surface area is 166 Å². The van der Waals surface area contributed by atoms with Gasteiger partial charge in [0.2, 0.25) is 0 Å². The molecule has 0 saturated heterocycles. The van der Waals surface area contributed by atoms with E-state index in [0.29, 0.717) is 12.8 Å². The molecule has 1 fully saturated rings. The standard InChI is InChI=1S/C22H21F3N2O2/c1-14-6-5-9-18-19(14)26-27(21(18,29)22(23,24)25)20(28)17-12-10-16(11-13-17)15-7-3-2-4-8-15/h2-4,7-8,10-14,18,29H,5-6,9H2,1H3/t14-,18-,21+/m1/s1. The van der Waals surface area contributed by atoms with Crippen LogP contribution in [0.25, 0.3) is 11.1 Å². The molecule has 0 radical (unpaired) electrons. The van der Waals surface area contributed by atoms with Crippen LogP contribution in [0, 0.1) is 11.8 Å². The summed E-state index contributed by atoms with van der Waals surface area (Å²) < 4.78 is 41.8. The van der Waals surface area contributed by atoms with E-state index in [0.717, 1.165) is 11.1 Å². The number of hydrazone groups is 1. The van der Waals surface area contributed by atoms with Crippen molar-refractivity contribution in [1.29, 1.82) is 0 Å². The molecule has 0 bridgehead atoms. The van der Waals surface area contributed by atoms with Crippen molar-refractivity contribution in [2.24, 2.45) is 16.9 Å². The van der Waals surface area contributed by atoms with E-state index in [-0.39, 0.29) is 28.6 Å². The number of fused-ring (bicyclic) bond motifs is 1. The highest BCUT2D eigenvalue weighted by atomic mass is 19.4. The number of carbonyl (C=O) groups excluding carboxylic acids is 1. The lowest BCUT2D eigenvalue weighted by atomic mass is 9.75. The Morgan fingerprint density at radius 1 is 1.07 bits per heavy atom. The summed E-state index contributed by atoms with van der Waals surface area (Å²) in [6.45, 7) is 1.78. The first-order valence-electron chi connectivity index (χ1n) is 9.61. The molecule has 4 rings (SSSR count). The average molecular weight is 402 g/mol. The van der Waals surface area contributed by atoms with Gasteiger partial charge in [0, 0.05) is 11.3 Å². The summed E-state index contributed by atoms with van der Waals surface area (Å²) in [5.41, 5.74) is -1.25. The summed E-state index contributed by atoms with van der Waals surface area (Å²) in [4.78, 5) is 13.0. The third kappa shape index (κ3) is 3.13. The largest absolute Gasteiger partial charge is 0.439 e. The van der Waals surface area contributed by atoms with Crippen LogP contribution < -0.4 is 0 Å². The quantitative estimate of drug-likeness (QED) is 0.781. The minimum absolute atomic E-state index is 0.0445. The summed E-state index contributed by atoms with van der Waals surface area (Å²) in [5.74, 6) is -2.39. The molecule has 1 aliphatic carbocycles. The number of amides is 1. The van der Waals surface area contributed by atoms with Crippen molar-refractivity contribution in [2.45, 2.75) is 38.1 Å². The maximum absolute atomic E-state index is 13.9. The monoisotopic (exact) mass is 402 g/mol. The Bertz CT molecular complexity index is 941. The Kier molecular flexibility index (Phi) is 4.73. The van der Waals surface area contributed by atoms with Crippen molar-refractivity contribution in [3.8, 4) is 11.1 Å². The second-order valence-corrected chi connectivity index (χ2v) is 7.69. The normalized spacial score (nSPS) is 26.8. The summed E-state index contributed by atoms with van der Waals surface area (Å²) >= 11 is 0. The maximum atomic E-state index is 13.9. The molecular weight excluding hydrogens is 381 g/mol. The number of carbonyl (C=O) groups is 1. The smallest absolute Gasteiger partial charge is 0.362 e. The van der Waals surface area contributed by atoms with E-state index in [2.05, 4.69) is 5.10 Å². The van der Waals surface area contributed by atoms with Crippen LogP contribution in [-0.4, -0.2) is 33.6 Å². The van der Waals surface area contributed by atoms with E-state index < -0.39 is 23.7 Å². The third-order valence-electron chi connectivity index (χ3n) is 5.86. The third-order valence-corrected chi connectivity index (χ3v) is 5.86. The van der Waals surface area contributed by atoms with Crippen molar-refractivity contribution in [3.63, 3.8) is 0 Å². The molecule has 7 heteroatoms. The van der Waals surface area contributed by atoms with Gasteiger partial charge in [-0.1, -0.05) is 55.8 Å². The molecule has 2 aromatic carbocycles. The van der Waals surface area contributed by atoms with Crippen LogP contribution in [0.4, 0.5) is 13.2 Å². The van der Waals surface area contributed by atoms with Gasteiger partial charge in [0.1, 0.15) is 0 Å². The van der Waals surface area contributed by atoms with Gasteiger partial charge in [-0.15, -0.1) is 0 Å². The van der Waals surface area contributed by atoms with Gasteiger partial charge in [0.15, 0.2) is 0 Å². The zero-order valence-electron chi connectivity index (χ0n) is 15.9. The topological polar surface area (TPSA) is 52.9 Å². The lowest BCUT2D eigenvalue weighted by Crippen LogP contribution is -2.61. The maximum Gasteiger partial charge on any atom is 0.439 e. The number of nitrogens with zero attached hydrogens (tertiary/aromatic N) is 2. The van der Waals surface area contributed by atoms with Crippen LogP contribution in [0.2, 0.25) is 0 Å². The van der Waals surface area contributed by atoms with E-state index in [1.165, 1.54) is 12.1 Å². The average Bonchev–Trinajstić information content (AvgIpc) is 3.04. The summed E-state index contributed by atoms with van der Waals surface area (Å²) in [7, 11) is 0. The van der Waals surface area contributed by atoms with Crippen LogP contribution >= 0.6 is 0 Å². The van der Waals surface area contributed by atoms with Gasteiger partial charge in [-0.3, -0.25) is 4.79 Å². The van der Waals surface area contributed by atoms with Gasteiger partial charge in [0.05, 0.1) is 5.92 Å². The molecule has 4 nitrogen and oxygen atoms in total. The predicted molar refractivity (Wildman–Crippen MR) is 103 cm³/mol. The fraction of sp³-hybridized carbons (Fsp3) is 0.364. The molecule has 3 atom stereocenters. The minimum atomic E-state index is -5.01. The Morgan fingerprint density at radius 2 is 1.69 bits per heavy atom. The molecule has 152 valence electrons. The molecule has 0 aromatic heterocycles. The molecule has 1 aliphatic heterocycles. The highest BCUT2D eigenvalue weighted by Gasteiger charge is 2.69. The van der Waals surface area contributed by atoms with Crippen molar-refractivity contribution in [3.05, 3.63) is 60.2 Å². The first-order valence-corrected chi connectivity index (χ1v) is 9.61. The van der Waals surface area contributed by atoms with Crippen LogP contribution in [0.15, 0.2) is 59.7 Å². The molecule has 1 N–H and O–H groups in total. The van der Waals surface area contributed by atoms with Crippen LogP contribution in [-0.2, 0) is 0 Å². The lowest BCUT2D eigenvalue weighted by Gasteiger charge is -2.39. The van der Waals surface area contributed by atoms with Gasteiger partial charge in [0.25, 0.3) is 11.6 Å². The molecule has 0 spiro atoms. The zero-order chi connectivity index (χ0) is 20.8. The number of hydrogen-bond donors (Lipinski definition) is 1. The van der Waals surface area contributed by atoms with Crippen LogP contribution in [0.5, 0.6) is 0 Å². The number of benzene rings is 2. The molecule has 29 heavy (non-hydrogen) atoms. The molecule has 2 aromatic rings. The van der Waals surface area contributed by atoms with Crippen molar-refractivity contribution in [2.75, 3.05) is 0 Å². The van der Waals surface area contributed by atoms with E-state index in [9.17, 15) is 23.1 Å². The Balaban J connectivity index is 1.69. The van der Waals surface area contributed by atoms with Crippen molar-refractivity contribution >= 4 is 11.6 Å². The first-order chi connectivity index (χ1) is 13.7. The molecule has 0 unspecified atom stereocenters. The number of halogens is 3. The van der Waals surface area contributed by atoms with E-state index in [1.807, 2.05) is 30.3 Å². The molecule has 1 amide bonds. The highest BCUT2D eigenvalue weighted by Crippen LogP contribution is 2.49. The molecule has 2 aliphatic rings. The van der Waals surface area contributed by atoms with Crippen molar-refractivity contribution in [1.82, 2.24) is 5.01 Å². The summed E-state index contributed by atoms with van der Waals surface area (Å²) in [5, 5.41) is 15.0. The molecule has 1 saturated carbocycles. The second-order valence-electron chi connectivity index (χ2n) is 7.69. The SMILES string of the molecule is C[C@@H]1CCC[C@@H]2C1=NN(C(=O)c1ccc(-c3ccccc3)cc1)[C@@]2(O)C(F)(F)F. The van der Waals surface area contributed by atoms with Gasteiger partial charge in [-0.05, 0) is 42.0 Å². The highest BCUT2D eigenvalue weighted by molar-refractivity contribution is 6.00. The summed E-state index contributed by atoms with van der Waals surface area (Å²) in [6, 6.07) is 15.7. The van der Waals surface area contributed by atoms with E-state index >= 15 is 0 Å². The van der Waals surface area contributed by atoms with E-state index in [1.54, 1.807) is 19.1 Å². The Hall–Kier alpha value is -2.67. The zero-order valence-corrected chi connectivity index (χ0v) is 15.9. The number of hydrogen-bond acceptors (Lipinski definition) is 3. The molecular formula is C22H21F3N2O2. The fourth-order valence-corrected chi connectivity index (χ4v) is 4.26. The van der Waals surface area contributed by atoms with Gasteiger partial charge < -0.3 is 5.11 Å². The number of aliphatic hydroxyl groups is 1.